The van der Waals surface area contributed by atoms with Crippen LogP contribution in [0.2, 0.25) is 5.02 Å². The van der Waals surface area contributed by atoms with Gasteiger partial charge in [-0.2, -0.15) is 0 Å². The predicted octanol–water partition coefficient (Wildman–Crippen LogP) is 3.33. The van der Waals surface area contributed by atoms with Crippen LogP contribution in [0.3, 0.4) is 0 Å². The Bertz CT molecular complexity index is 613. The van der Waals surface area contributed by atoms with Crippen molar-refractivity contribution in [2.75, 3.05) is 0 Å². The molecule has 0 amide bonds. The average molecular weight is 235 g/mol. The molecule has 3 heteroatoms. The van der Waals surface area contributed by atoms with Gasteiger partial charge in [-0.1, -0.05) is 11.6 Å². The zero-order valence-corrected chi connectivity index (χ0v) is 9.51. The summed E-state index contributed by atoms with van der Waals surface area (Å²) < 4.78 is 5.76. The first-order valence-corrected chi connectivity index (χ1v) is 5.87. The molecule has 0 bridgehead atoms. The summed E-state index contributed by atoms with van der Waals surface area (Å²) in [5.74, 6) is 0.867. The Hall–Kier alpha value is -1.28. The van der Waals surface area contributed by atoms with Gasteiger partial charge in [-0.15, -0.1) is 0 Å². The van der Waals surface area contributed by atoms with Crippen molar-refractivity contribution in [3.05, 3.63) is 44.8 Å². The minimum absolute atomic E-state index is 0.0958. The molecule has 3 rings (SSSR count). The fourth-order valence-corrected chi connectivity index (χ4v) is 2.47. The minimum atomic E-state index is 0.0958. The first-order valence-electron chi connectivity index (χ1n) is 5.50. The standard InChI is InChI=1S/C13H11ClO2/c14-8-5-6-12-10(7-8)13(15)9-3-1-2-4-11(9)16-12/h5-7H,1-4H2. The van der Waals surface area contributed by atoms with Crippen LogP contribution in [0.25, 0.3) is 11.0 Å². The molecular weight excluding hydrogens is 224 g/mol. The Balaban J connectivity index is 2.40. The van der Waals surface area contributed by atoms with Crippen molar-refractivity contribution in [3.8, 4) is 0 Å². The number of hydrogen-bond donors (Lipinski definition) is 0. The van der Waals surface area contributed by atoms with Crippen molar-refractivity contribution in [1.82, 2.24) is 0 Å². The highest BCUT2D eigenvalue weighted by Gasteiger charge is 2.17. The van der Waals surface area contributed by atoms with Crippen molar-refractivity contribution in [3.63, 3.8) is 0 Å². The zero-order valence-electron chi connectivity index (χ0n) is 8.75. The maximum Gasteiger partial charge on any atom is 0.196 e. The third-order valence-corrected chi connectivity index (χ3v) is 3.35. The summed E-state index contributed by atoms with van der Waals surface area (Å²) in [7, 11) is 0. The Kier molecular flexibility index (Phi) is 2.25. The van der Waals surface area contributed by atoms with E-state index in [0.29, 0.717) is 16.0 Å². The number of aryl methyl sites for hydroxylation is 1. The van der Waals surface area contributed by atoms with Gasteiger partial charge in [0.2, 0.25) is 0 Å². The molecular formula is C13H11ClO2. The van der Waals surface area contributed by atoms with E-state index in [2.05, 4.69) is 0 Å². The third kappa shape index (κ3) is 1.45. The summed E-state index contributed by atoms with van der Waals surface area (Å²) in [5, 5.41) is 1.18. The Morgan fingerprint density at radius 2 is 2.00 bits per heavy atom. The largest absolute Gasteiger partial charge is 0.461 e. The van der Waals surface area contributed by atoms with E-state index in [9.17, 15) is 4.79 Å². The van der Waals surface area contributed by atoms with Gasteiger partial charge < -0.3 is 4.42 Å². The quantitative estimate of drug-likeness (QED) is 0.700. The summed E-state index contributed by atoms with van der Waals surface area (Å²) in [6.07, 6.45) is 3.89. The van der Waals surface area contributed by atoms with Gasteiger partial charge >= 0.3 is 0 Å². The number of rotatable bonds is 0. The van der Waals surface area contributed by atoms with Gasteiger partial charge in [0, 0.05) is 17.0 Å². The molecule has 1 aliphatic carbocycles. The van der Waals surface area contributed by atoms with Crippen molar-refractivity contribution in [2.24, 2.45) is 0 Å². The first kappa shape index (κ1) is 9.91. The number of hydrogen-bond acceptors (Lipinski definition) is 2. The van der Waals surface area contributed by atoms with E-state index in [1.54, 1.807) is 18.2 Å². The number of halogens is 1. The van der Waals surface area contributed by atoms with Crippen molar-refractivity contribution in [1.29, 1.82) is 0 Å². The third-order valence-electron chi connectivity index (χ3n) is 3.11. The zero-order chi connectivity index (χ0) is 11.1. The molecule has 0 saturated carbocycles. The number of benzene rings is 1. The van der Waals surface area contributed by atoms with E-state index in [0.717, 1.165) is 37.0 Å². The molecule has 1 heterocycles. The molecule has 0 fully saturated rings. The van der Waals surface area contributed by atoms with Crippen molar-refractivity contribution in [2.45, 2.75) is 25.7 Å². The van der Waals surface area contributed by atoms with Crippen LogP contribution in [0.1, 0.15) is 24.2 Å². The first-order chi connectivity index (χ1) is 7.75. The van der Waals surface area contributed by atoms with Gasteiger partial charge in [0.05, 0.1) is 5.39 Å². The van der Waals surface area contributed by atoms with Gasteiger partial charge in [0.1, 0.15) is 11.3 Å². The molecule has 0 saturated heterocycles. The molecule has 1 aromatic heterocycles. The topological polar surface area (TPSA) is 30.2 Å². The van der Waals surface area contributed by atoms with Crippen molar-refractivity contribution >= 4 is 22.6 Å². The lowest BCUT2D eigenvalue weighted by molar-refractivity contribution is 0.487. The van der Waals surface area contributed by atoms with Gasteiger partial charge in [-0.05, 0) is 37.5 Å². The maximum absolute atomic E-state index is 12.2. The Labute approximate surface area is 97.8 Å². The summed E-state index contributed by atoms with van der Waals surface area (Å²) in [6, 6.07) is 5.22. The molecule has 2 aromatic rings. The number of fused-ring (bicyclic) bond motifs is 2. The molecule has 0 radical (unpaired) electrons. The van der Waals surface area contributed by atoms with Gasteiger partial charge in [-0.25, -0.2) is 0 Å². The molecule has 0 spiro atoms. The molecule has 0 unspecified atom stereocenters. The molecule has 82 valence electrons. The monoisotopic (exact) mass is 234 g/mol. The summed E-state index contributed by atoms with van der Waals surface area (Å²) >= 11 is 5.89. The van der Waals surface area contributed by atoms with Crippen LogP contribution < -0.4 is 5.43 Å². The van der Waals surface area contributed by atoms with E-state index in [1.807, 2.05) is 0 Å². The van der Waals surface area contributed by atoms with Gasteiger partial charge in [-0.3, -0.25) is 4.79 Å². The summed E-state index contributed by atoms with van der Waals surface area (Å²) in [4.78, 5) is 12.2. The second kappa shape index (κ2) is 3.63. The normalized spacial score (nSPS) is 15.1. The molecule has 16 heavy (non-hydrogen) atoms. The molecule has 0 N–H and O–H groups in total. The van der Waals surface area contributed by atoms with Crippen LogP contribution in [0.15, 0.2) is 27.4 Å². The van der Waals surface area contributed by atoms with Crippen LogP contribution in [0.5, 0.6) is 0 Å². The maximum atomic E-state index is 12.2. The van der Waals surface area contributed by atoms with Crippen molar-refractivity contribution < 1.29 is 4.42 Å². The Morgan fingerprint density at radius 1 is 1.19 bits per heavy atom. The van der Waals surface area contributed by atoms with Crippen LogP contribution >= 0.6 is 11.6 Å². The molecule has 2 nitrogen and oxygen atoms in total. The lowest BCUT2D eigenvalue weighted by Crippen LogP contribution is -2.16. The Morgan fingerprint density at radius 3 is 2.88 bits per heavy atom. The summed E-state index contributed by atoms with van der Waals surface area (Å²) in [6.45, 7) is 0. The van der Waals surface area contributed by atoms with E-state index < -0.39 is 0 Å². The second-order valence-corrected chi connectivity index (χ2v) is 4.62. The molecule has 1 aromatic carbocycles. The molecule has 0 aliphatic heterocycles. The predicted molar refractivity (Wildman–Crippen MR) is 64.1 cm³/mol. The van der Waals surface area contributed by atoms with Gasteiger partial charge in [0.15, 0.2) is 5.43 Å². The highest BCUT2D eigenvalue weighted by atomic mass is 35.5. The highest BCUT2D eigenvalue weighted by Crippen LogP contribution is 2.24. The average Bonchev–Trinajstić information content (AvgIpc) is 2.31. The lowest BCUT2D eigenvalue weighted by atomic mass is 9.96. The van der Waals surface area contributed by atoms with E-state index >= 15 is 0 Å². The fourth-order valence-electron chi connectivity index (χ4n) is 2.29. The van der Waals surface area contributed by atoms with Crippen LogP contribution in [-0.4, -0.2) is 0 Å². The van der Waals surface area contributed by atoms with Crippen LogP contribution in [0.4, 0.5) is 0 Å². The highest BCUT2D eigenvalue weighted by molar-refractivity contribution is 6.31. The van der Waals surface area contributed by atoms with Crippen LogP contribution in [-0.2, 0) is 12.8 Å². The van der Waals surface area contributed by atoms with E-state index in [-0.39, 0.29) is 5.43 Å². The molecule has 0 atom stereocenters. The minimum Gasteiger partial charge on any atom is -0.461 e. The second-order valence-electron chi connectivity index (χ2n) is 4.18. The van der Waals surface area contributed by atoms with Crippen LogP contribution in [0, 0.1) is 0 Å². The SMILES string of the molecule is O=c1c2c(oc3ccc(Cl)cc13)CCCC2. The lowest BCUT2D eigenvalue weighted by Gasteiger charge is -2.14. The van der Waals surface area contributed by atoms with E-state index in [4.69, 9.17) is 16.0 Å². The smallest absolute Gasteiger partial charge is 0.196 e. The molecule has 1 aliphatic rings. The fraction of sp³-hybridized carbons (Fsp3) is 0.308. The summed E-state index contributed by atoms with van der Waals surface area (Å²) in [5.41, 5.74) is 1.59. The van der Waals surface area contributed by atoms with E-state index in [1.165, 1.54) is 0 Å². The van der Waals surface area contributed by atoms with Gasteiger partial charge in [0.25, 0.3) is 0 Å².